The largest absolute Gasteiger partial charge is 0.358 e. The van der Waals surface area contributed by atoms with Gasteiger partial charge in [-0.25, -0.2) is 0 Å². The van der Waals surface area contributed by atoms with Gasteiger partial charge in [-0.3, -0.25) is 9.48 Å². The molecule has 0 fully saturated rings. The van der Waals surface area contributed by atoms with Gasteiger partial charge in [-0.15, -0.1) is 0 Å². The number of hydrogen-bond donors (Lipinski definition) is 2. The quantitative estimate of drug-likeness (QED) is 0.770. The second kappa shape index (κ2) is 5.44. The zero-order chi connectivity index (χ0) is 14.8. The lowest BCUT2D eigenvalue weighted by molar-refractivity contribution is 0.0944. The number of rotatable bonds is 4. The van der Waals surface area contributed by atoms with Gasteiger partial charge in [0, 0.05) is 36.4 Å². The van der Waals surface area contributed by atoms with Crippen LogP contribution in [0.4, 0.5) is 0 Å². The van der Waals surface area contributed by atoms with Crippen LogP contribution in [-0.4, -0.2) is 27.2 Å². The fourth-order valence-corrected chi connectivity index (χ4v) is 2.65. The molecule has 5 heteroatoms. The Morgan fingerprint density at radius 1 is 1.33 bits per heavy atom. The Labute approximate surface area is 123 Å². The molecule has 1 amide bonds. The fourth-order valence-electron chi connectivity index (χ4n) is 2.65. The van der Waals surface area contributed by atoms with E-state index in [9.17, 15) is 4.79 Å². The monoisotopic (exact) mass is 282 g/mol. The molecule has 21 heavy (non-hydrogen) atoms. The van der Waals surface area contributed by atoms with Gasteiger partial charge in [-0.2, -0.15) is 5.10 Å². The average molecular weight is 282 g/mol. The zero-order valence-electron chi connectivity index (χ0n) is 12.2. The molecule has 0 unspecified atom stereocenters. The molecule has 0 aliphatic rings. The molecule has 0 saturated carbocycles. The summed E-state index contributed by atoms with van der Waals surface area (Å²) in [5, 5.41) is 8.17. The van der Waals surface area contributed by atoms with Crippen LogP contribution in [0.1, 0.15) is 21.7 Å². The minimum absolute atomic E-state index is 0.0903. The van der Waals surface area contributed by atoms with E-state index in [1.807, 2.05) is 12.1 Å². The smallest absolute Gasteiger partial charge is 0.269 e. The summed E-state index contributed by atoms with van der Waals surface area (Å²) in [6.07, 6.45) is 2.43. The highest BCUT2D eigenvalue weighted by molar-refractivity contribution is 5.92. The number of nitrogens with zero attached hydrogens (tertiary/aromatic N) is 2. The first-order chi connectivity index (χ1) is 10.2. The van der Waals surface area contributed by atoms with Crippen LogP contribution in [0.5, 0.6) is 0 Å². The van der Waals surface area contributed by atoms with Gasteiger partial charge in [0.1, 0.15) is 5.69 Å². The summed E-state index contributed by atoms with van der Waals surface area (Å²) in [7, 11) is 1.76. The van der Waals surface area contributed by atoms with Crippen molar-refractivity contribution in [2.75, 3.05) is 6.54 Å². The highest BCUT2D eigenvalue weighted by Crippen LogP contribution is 2.21. The van der Waals surface area contributed by atoms with Crippen LogP contribution in [-0.2, 0) is 13.5 Å². The van der Waals surface area contributed by atoms with E-state index in [1.165, 1.54) is 10.9 Å². The SMILES string of the molecule is Cc1[nH]c2ccccc2c1CCNC(=O)c1ccnn1C. The van der Waals surface area contributed by atoms with Crippen molar-refractivity contribution >= 4 is 16.8 Å². The Morgan fingerprint density at radius 3 is 2.90 bits per heavy atom. The standard InChI is InChI=1S/C16H18N4O/c1-11-12(13-5-3-4-6-14(13)19-11)7-9-17-16(21)15-8-10-18-20(15)2/h3-6,8,10,19H,7,9H2,1-2H3,(H,17,21). The Bertz CT molecular complexity index is 785. The predicted molar refractivity (Wildman–Crippen MR) is 82.3 cm³/mol. The van der Waals surface area contributed by atoms with Crippen LogP contribution >= 0.6 is 0 Å². The number of aromatic nitrogens is 3. The van der Waals surface area contributed by atoms with E-state index in [0.717, 1.165) is 17.6 Å². The topological polar surface area (TPSA) is 62.7 Å². The third-order valence-electron chi connectivity index (χ3n) is 3.74. The van der Waals surface area contributed by atoms with Crippen molar-refractivity contribution in [1.82, 2.24) is 20.1 Å². The molecule has 0 spiro atoms. The number of carbonyl (C=O) groups is 1. The molecule has 3 rings (SSSR count). The molecule has 2 heterocycles. The van der Waals surface area contributed by atoms with Crippen molar-refractivity contribution in [3.05, 3.63) is 53.5 Å². The number of benzene rings is 1. The van der Waals surface area contributed by atoms with Crippen molar-refractivity contribution in [3.8, 4) is 0 Å². The summed E-state index contributed by atoms with van der Waals surface area (Å²) in [6, 6.07) is 9.95. The van der Waals surface area contributed by atoms with E-state index in [0.29, 0.717) is 12.2 Å². The molecule has 2 N–H and O–H groups in total. The summed E-state index contributed by atoms with van der Waals surface area (Å²) in [4.78, 5) is 15.4. The molecule has 2 aromatic heterocycles. The molecular formula is C16H18N4O. The van der Waals surface area contributed by atoms with E-state index in [2.05, 4.69) is 34.5 Å². The van der Waals surface area contributed by atoms with Crippen molar-refractivity contribution in [1.29, 1.82) is 0 Å². The maximum Gasteiger partial charge on any atom is 0.269 e. The minimum atomic E-state index is -0.0903. The molecule has 0 saturated heterocycles. The van der Waals surface area contributed by atoms with Crippen LogP contribution in [0, 0.1) is 6.92 Å². The third kappa shape index (κ3) is 2.54. The number of para-hydroxylation sites is 1. The lowest BCUT2D eigenvalue weighted by atomic mass is 10.1. The molecule has 1 aromatic carbocycles. The number of H-pyrrole nitrogens is 1. The van der Waals surface area contributed by atoms with Gasteiger partial charge in [0.05, 0.1) is 0 Å². The van der Waals surface area contributed by atoms with Gasteiger partial charge < -0.3 is 10.3 Å². The number of fused-ring (bicyclic) bond motifs is 1. The number of carbonyl (C=O) groups excluding carboxylic acids is 1. The normalized spacial score (nSPS) is 11.0. The molecular weight excluding hydrogens is 264 g/mol. The molecule has 5 nitrogen and oxygen atoms in total. The minimum Gasteiger partial charge on any atom is -0.358 e. The molecule has 0 atom stereocenters. The molecule has 0 bridgehead atoms. The highest BCUT2D eigenvalue weighted by atomic mass is 16.2. The Kier molecular flexibility index (Phi) is 3.48. The maximum absolute atomic E-state index is 12.0. The lowest BCUT2D eigenvalue weighted by Crippen LogP contribution is -2.27. The Morgan fingerprint density at radius 2 is 2.14 bits per heavy atom. The average Bonchev–Trinajstić information content (AvgIpc) is 3.03. The van der Waals surface area contributed by atoms with Crippen molar-refractivity contribution < 1.29 is 4.79 Å². The molecule has 3 aromatic rings. The van der Waals surface area contributed by atoms with E-state index < -0.39 is 0 Å². The summed E-state index contributed by atoms with van der Waals surface area (Å²) < 4.78 is 1.58. The lowest BCUT2D eigenvalue weighted by Gasteiger charge is -2.06. The fraction of sp³-hybridized carbons (Fsp3) is 0.250. The van der Waals surface area contributed by atoms with E-state index >= 15 is 0 Å². The van der Waals surface area contributed by atoms with Gasteiger partial charge in [0.15, 0.2) is 0 Å². The van der Waals surface area contributed by atoms with Gasteiger partial charge in [-0.05, 0) is 31.0 Å². The molecule has 108 valence electrons. The van der Waals surface area contributed by atoms with E-state index in [-0.39, 0.29) is 5.91 Å². The van der Waals surface area contributed by atoms with Crippen molar-refractivity contribution in [2.24, 2.45) is 7.05 Å². The van der Waals surface area contributed by atoms with E-state index in [1.54, 1.807) is 24.0 Å². The molecule has 0 aliphatic carbocycles. The van der Waals surface area contributed by atoms with Gasteiger partial charge in [-0.1, -0.05) is 18.2 Å². The van der Waals surface area contributed by atoms with E-state index in [4.69, 9.17) is 0 Å². The second-order valence-corrected chi connectivity index (χ2v) is 5.12. The third-order valence-corrected chi connectivity index (χ3v) is 3.74. The Balaban J connectivity index is 1.69. The van der Waals surface area contributed by atoms with Crippen LogP contribution in [0.15, 0.2) is 36.5 Å². The summed E-state index contributed by atoms with van der Waals surface area (Å²) in [6.45, 7) is 2.67. The molecule has 0 aliphatic heterocycles. The van der Waals surface area contributed by atoms with Gasteiger partial charge in [0.2, 0.25) is 0 Å². The second-order valence-electron chi connectivity index (χ2n) is 5.12. The first-order valence-corrected chi connectivity index (χ1v) is 6.99. The highest BCUT2D eigenvalue weighted by Gasteiger charge is 2.11. The van der Waals surface area contributed by atoms with Crippen molar-refractivity contribution in [2.45, 2.75) is 13.3 Å². The van der Waals surface area contributed by atoms with Crippen LogP contribution in [0.2, 0.25) is 0 Å². The first-order valence-electron chi connectivity index (χ1n) is 6.99. The number of aryl methyl sites for hydroxylation is 2. The number of hydrogen-bond acceptors (Lipinski definition) is 2. The van der Waals surface area contributed by atoms with Gasteiger partial charge in [0.25, 0.3) is 5.91 Å². The van der Waals surface area contributed by atoms with Crippen LogP contribution in [0.3, 0.4) is 0 Å². The number of amides is 1. The van der Waals surface area contributed by atoms with Crippen LogP contribution in [0.25, 0.3) is 10.9 Å². The van der Waals surface area contributed by atoms with Crippen LogP contribution < -0.4 is 5.32 Å². The Hall–Kier alpha value is -2.56. The number of aromatic amines is 1. The number of nitrogens with one attached hydrogen (secondary N) is 2. The summed E-state index contributed by atoms with van der Waals surface area (Å²) >= 11 is 0. The van der Waals surface area contributed by atoms with Gasteiger partial charge >= 0.3 is 0 Å². The van der Waals surface area contributed by atoms with Crippen molar-refractivity contribution in [3.63, 3.8) is 0 Å². The predicted octanol–water partition coefficient (Wildman–Crippen LogP) is 2.18. The maximum atomic E-state index is 12.0. The molecule has 0 radical (unpaired) electrons. The summed E-state index contributed by atoms with van der Waals surface area (Å²) in [5.41, 5.74) is 4.13. The zero-order valence-corrected chi connectivity index (χ0v) is 12.2. The summed E-state index contributed by atoms with van der Waals surface area (Å²) in [5.74, 6) is -0.0903. The first kappa shape index (κ1) is 13.4.